The fourth-order valence-electron chi connectivity index (χ4n) is 3.10. The van der Waals surface area contributed by atoms with Gasteiger partial charge in [-0.05, 0) is 61.9 Å². The molecule has 1 aliphatic heterocycles. The van der Waals surface area contributed by atoms with E-state index in [9.17, 15) is 4.79 Å². The molecule has 0 amide bonds. The Morgan fingerprint density at radius 3 is 2.47 bits per heavy atom. The van der Waals surface area contributed by atoms with Gasteiger partial charge in [0.1, 0.15) is 17.1 Å². The third kappa shape index (κ3) is 4.66. The van der Waals surface area contributed by atoms with Crippen LogP contribution in [0.5, 0.6) is 23.0 Å². The highest BCUT2D eigenvalue weighted by atomic mass is 16.7. The molecule has 0 saturated heterocycles. The monoisotopic (exact) mass is 410 g/mol. The first-order valence-electron chi connectivity index (χ1n) is 9.50. The number of benzene rings is 2. The Bertz CT molecular complexity index is 987. The number of fused-ring (bicyclic) bond motifs is 1. The van der Waals surface area contributed by atoms with Crippen molar-refractivity contribution in [2.45, 2.75) is 19.4 Å². The van der Waals surface area contributed by atoms with Gasteiger partial charge < -0.3 is 23.7 Å². The van der Waals surface area contributed by atoms with Gasteiger partial charge in [-0.15, -0.1) is 0 Å². The average molecular weight is 410 g/mol. The molecule has 0 aliphatic carbocycles. The standard InChI is InChI=1S/C24H26O6/c1-24(2)13-12-18-20(27-4)11-8-17(23(18)30-24)19(25)9-6-16-7-10-21(28-5)22(14-16)29-15-26-3/h6-14H,15H2,1-5H3. The van der Waals surface area contributed by atoms with Crippen LogP contribution in [-0.2, 0) is 4.74 Å². The van der Waals surface area contributed by atoms with Crippen LogP contribution in [0.2, 0.25) is 0 Å². The van der Waals surface area contributed by atoms with E-state index in [0.29, 0.717) is 28.6 Å². The molecule has 0 spiro atoms. The zero-order valence-corrected chi connectivity index (χ0v) is 17.9. The van der Waals surface area contributed by atoms with Gasteiger partial charge in [-0.3, -0.25) is 4.79 Å². The molecule has 1 heterocycles. The molecule has 1 aliphatic rings. The Balaban J connectivity index is 1.90. The molecule has 2 aromatic rings. The summed E-state index contributed by atoms with van der Waals surface area (Å²) in [6.07, 6.45) is 7.11. The van der Waals surface area contributed by atoms with Crippen molar-refractivity contribution in [3.05, 3.63) is 59.2 Å². The van der Waals surface area contributed by atoms with E-state index in [1.54, 1.807) is 51.7 Å². The SMILES string of the molecule is COCOc1cc(C=CC(=O)c2ccc(OC)c3c2OC(C)(C)C=C3)ccc1OC. The largest absolute Gasteiger partial charge is 0.496 e. The van der Waals surface area contributed by atoms with Crippen LogP contribution in [0.25, 0.3) is 12.2 Å². The molecule has 2 aromatic carbocycles. The summed E-state index contributed by atoms with van der Waals surface area (Å²) >= 11 is 0. The number of rotatable bonds is 8. The second kappa shape index (κ2) is 9.05. The van der Waals surface area contributed by atoms with Crippen LogP contribution < -0.4 is 18.9 Å². The van der Waals surface area contributed by atoms with E-state index in [1.807, 2.05) is 32.1 Å². The van der Waals surface area contributed by atoms with Crippen molar-refractivity contribution >= 4 is 17.9 Å². The zero-order chi connectivity index (χ0) is 21.7. The van der Waals surface area contributed by atoms with E-state index in [0.717, 1.165) is 11.1 Å². The molecule has 3 rings (SSSR count). The Morgan fingerprint density at radius 2 is 1.77 bits per heavy atom. The number of methoxy groups -OCH3 is 3. The highest BCUT2D eigenvalue weighted by molar-refractivity contribution is 6.09. The van der Waals surface area contributed by atoms with Gasteiger partial charge in [-0.25, -0.2) is 0 Å². The van der Waals surface area contributed by atoms with Crippen LogP contribution >= 0.6 is 0 Å². The van der Waals surface area contributed by atoms with Crippen molar-refractivity contribution in [3.8, 4) is 23.0 Å². The molecular formula is C24H26O6. The Morgan fingerprint density at radius 1 is 1.03 bits per heavy atom. The predicted octanol–water partition coefficient (Wildman–Crippen LogP) is 4.77. The molecular weight excluding hydrogens is 384 g/mol. The minimum atomic E-state index is -0.512. The maximum atomic E-state index is 13.0. The van der Waals surface area contributed by atoms with Crippen molar-refractivity contribution in [3.63, 3.8) is 0 Å². The molecule has 30 heavy (non-hydrogen) atoms. The highest BCUT2D eigenvalue weighted by Crippen LogP contribution is 2.40. The molecule has 158 valence electrons. The molecule has 0 saturated carbocycles. The first-order valence-corrected chi connectivity index (χ1v) is 9.50. The van der Waals surface area contributed by atoms with Gasteiger partial charge in [0.2, 0.25) is 0 Å². The topological polar surface area (TPSA) is 63.2 Å². The van der Waals surface area contributed by atoms with E-state index in [4.69, 9.17) is 23.7 Å². The molecule has 0 N–H and O–H groups in total. The summed E-state index contributed by atoms with van der Waals surface area (Å²) in [4.78, 5) is 13.0. The maximum Gasteiger partial charge on any atom is 0.189 e. The lowest BCUT2D eigenvalue weighted by molar-refractivity contribution is 0.0491. The lowest BCUT2D eigenvalue weighted by atomic mass is 9.97. The van der Waals surface area contributed by atoms with E-state index < -0.39 is 5.60 Å². The van der Waals surface area contributed by atoms with Crippen molar-refractivity contribution < 1.29 is 28.5 Å². The Hall–Kier alpha value is -3.25. The first kappa shape index (κ1) is 21.5. The second-order valence-electron chi connectivity index (χ2n) is 7.26. The van der Waals surface area contributed by atoms with Crippen LogP contribution in [0.1, 0.15) is 35.3 Å². The second-order valence-corrected chi connectivity index (χ2v) is 7.26. The molecule has 0 aromatic heterocycles. The molecule has 0 radical (unpaired) electrons. The Labute approximate surface area is 176 Å². The van der Waals surface area contributed by atoms with Crippen molar-refractivity contribution in [2.75, 3.05) is 28.1 Å². The van der Waals surface area contributed by atoms with Gasteiger partial charge in [0.15, 0.2) is 24.1 Å². The Kier molecular flexibility index (Phi) is 6.47. The summed E-state index contributed by atoms with van der Waals surface area (Å²) in [6, 6.07) is 8.90. The lowest BCUT2D eigenvalue weighted by Gasteiger charge is -2.29. The van der Waals surface area contributed by atoms with Gasteiger partial charge in [0.25, 0.3) is 0 Å². The minimum Gasteiger partial charge on any atom is -0.496 e. The number of hydrogen-bond acceptors (Lipinski definition) is 6. The number of hydrogen-bond donors (Lipinski definition) is 0. The van der Waals surface area contributed by atoms with Gasteiger partial charge in [-0.2, -0.15) is 0 Å². The number of ether oxygens (including phenoxy) is 5. The first-order chi connectivity index (χ1) is 14.4. The van der Waals surface area contributed by atoms with Crippen molar-refractivity contribution in [2.24, 2.45) is 0 Å². The van der Waals surface area contributed by atoms with Crippen molar-refractivity contribution in [1.82, 2.24) is 0 Å². The summed E-state index contributed by atoms with van der Waals surface area (Å²) in [7, 11) is 4.71. The molecule has 0 atom stereocenters. The van der Waals surface area contributed by atoms with E-state index in [-0.39, 0.29) is 12.6 Å². The summed E-state index contributed by atoms with van der Waals surface area (Å²) in [5.74, 6) is 2.13. The smallest absolute Gasteiger partial charge is 0.189 e. The number of ketones is 1. The molecule has 0 bridgehead atoms. The summed E-state index contributed by atoms with van der Waals surface area (Å²) in [5.41, 5.74) is 1.51. The minimum absolute atomic E-state index is 0.0983. The molecule has 0 fully saturated rings. The molecule has 6 nitrogen and oxygen atoms in total. The van der Waals surface area contributed by atoms with Gasteiger partial charge in [-0.1, -0.05) is 12.1 Å². The van der Waals surface area contributed by atoms with E-state index >= 15 is 0 Å². The highest BCUT2D eigenvalue weighted by Gasteiger charge is 2.27. The maximum absolute atomic E-state index is 13.0. The number of carbonyl (C=O) groups excluding carboxylic acids is 1. The normalized spacial score (nSPS) is 14.2. The van der Waals surface area contributed by atoms with Crippen LogP contribution in [0.15, 0.2) is 42.5 Å². The molecule has 0 unspecified atom stereocenters. The third-order valence-electron chi connectivity index (χ3n) is 4.61. The van der Waals surface area contributed by atoms with Gasteiger partial charge in [0, 0.05) is 7.11 Å². The zero-order valence-electron chi connectivity index (χ0n) is 17.9. The van der Waals surface area contributed by atoms with Crippen LogP contribution in [0, 0.1) is 0 Å². The summed E-state index contributed by atoms with van der Waals surface area (Å²) < 4.78 is 27.3. The fraction of sp³-hybridized carbons (Fsp3) is 0.292. The van der Waals surface area contributed by atoms with E-state index in [2.05, 4.69) is 0 Å². The average Bonchev–Trinajstić information content (AvgIpc) is 2.74. The number of allylic oxidation sites excluding steroid dienone is 1. The quantitative estimate of drug-likeness (QED) is 0.355. The van der Waals surface area contributed by atoms with Gasteiger partial charge in [0.05, 0.1) is 25.3 Å². The predicted molar refractivity (Wildman–Crippen MR) is 116 cm³/mol. The van der Waals surface area contributed by atoms with E-state index in [1.165, 1.54) is 6.08 Å². The fourth-order valence-corrected chi connectivity index (χ4v) is 3.10. The van der Waals surface area contributed by atoms with Crippen molar-refractivity contribution in [1.29, 1.82) is 0 Å². The lowest BCUT2D eigenvalue weighted by Crippen LogP contribution is -2.28. The summed E-state index contributed by atoms with van der Waals surface area (Å²) in [5, 5.41) is 0. The summed E-state index contributed by atoms with van der Waals surface area (Å²) in [6.45, 7) is 3.98. The third-order valence-corrected chi connectivity index (χ3v) is 4.61. The molecule has 6 heteroatoms. The number of carbonyl (C=O) groups is 1. The van der Waals surface area contributed by atoms with Gasteiger partial charge >= 0.3 is 0 Å². The van der Waals surface area contributed by atoms with Crippen LogP contribution in [-0.4, -0.2) is 39.5 Å². The van der Waals surface area contributed by atoms with Crippen LogP contribution in [0.3, 0.4) is 0 Å². The van der Waals surface area contributed by atoms with Crippen LogP contribution in [0.4, 0.5) is 0 Å².